The van der Waals surface area contributed by atoms with Crippen molar-refractivity contribution in [2.45, 2.75) is 125 Å². The summed E-state index contributed by atoms with van der Waals surface area (Å²) in [5.41, 5.74) is 0. The third kappa shape index (κ3) is 28.1. The normalized spacial score (nSPS) is 12.1. The molecule has 0 saturated heterocycles. The van der Waals surface area contributed by atoms with Crippen LogP contribution in [0.3, 0.4) is 0 Å². The first-order valence-corrected chi connectivity index (χ1v) is 16.1. The number of hydrogen-bond acceptors (Lipinski definition) is 5. The molecule has 0 aliphatic rings. The average Bonchev–Trinajstić information content (AvgIpc) is 2.76. The van der Waals surface area contributed by atoms with Gasteiger partial charge < -0.3 is 10.2 Å². The summed E-state index contributed by atoms with van der Waals surface area (Å²) < 4.78 is 35.5. The number of carbonyl (C=O) groups is 2. The van der Waals surface area contributed by atoms with Gasteiger partial charge in [-0.05, 0) is 0 Å². The van der Waals surface area contributed by atoms with Gasteiger partial charge in [0, 0.05) is 0 Å². The second-order valence-electron chi connectivity index (χ2n) is 8.86. The number of aliphatic carboxylic acids is 2. The van der Waals surface area contributed by atoms with Crippen molar-refractivity contribution in [2.75, 3.05) is 13.2 Å². The summed E-state index contributed by atoms with van der Waals surface area (Å²) in [5.74, 6) is -3.50. The van der Waals surface area contributed by atoms with Crippen molar-refractivity contribution in [2.24, 2.45) is 0 Å². The monoisotopic (exact) mass is 518 g/mol. The van der Waals surface area contributed by atoms with E-state index in [4.69, 9.17) is 19.5 Å². The van der Waals surface area contributed by atoms with E-state index in [1.165, 1.54) is 134 Å². The maximum Gasteiger partial charge on any atom is 0.325 e. The Hall–Kier alpha value is -0.190. The maximum absolute atomic E-state index is 10.2. The molecule has 0 aromatic carbocycles. The Morgan fingerprint density at radius 1 is 0.735 bits per heavy atom. The summed E-state index contributed by atoms with van der Waals surface area (Å²) in [5, 5.41) is 13.9. The first kappa shape index (κ1) is 36.0. The molecule has 0 aliphatic carbocycles. The number of unbranched alkanes of at least 4 members (excludes halogenated alkanes) is 15. The van der Waals surface area contributed by atoms with Gasteiger partial charge in [-0.3, -0.25) is 14.1 Å². The zero-order valence-electron chi connectivity index (χ0n) is 21.5. The molecule has 0 aliphatic heterocycles. The predicted molar refractivity (Wildman–Crippen MR) is 136 cm³/mol. The van der Waals surface area contributed by atoms with Crippen molar-refractivity contribution in [3.05, 3.63) is 0 Å². The molecular weight excluding hydrogens is 471 g/mol. The van der Waals surface area contributed by atoms with Crippen LogP contribution in [-0.4, -0.2) is 81.5 Å². The number of hydrogen-bond donors (Lipinski definition) is 3. The molecule has 8 nitrogen and oxygen atoms in total. The van der Waals surface area contributed by atoms with E-state index < -0.39 is 33.7 Å². The van der Waals surface area contributed by atoms with Gasteiger partial charge in [-0.1, -0.05) is 58.3 Å². The van der Waals surface area contributed by atoms with Gasteiger partial charge >= 0.3 is 113 Å². The summed E-state index contributed by atoms with van der Waals surface area (Å²) in [6.45, 7) is 4.30. The van der Waals surface area contributed by atoms with E-state index in [1.54, 1.807) is 0 Å². The molecule has 0 fully saturated rings. The second kappa shape index (κ2) is 25.9. The van der Waals surface area contributed by atoms with Crippen LogP contribution in [0.1, 0.15) is 116 Å². The largest absolute Gasteiger partial charge is 0.481 e. The molecule has 0 rings (SSSR count). The van der Waals surface area contributed by atoms with Crippen LogP contribution in [0.2, 0.25) is 3.67 Å². The molecule has 0 bridgehead atoms. The Bertz CT molecular complexity index is 564. The van der Waals surface area contributed by atoms with Gasteiger partial charge in [-0.15, -0.1) is 0 Å². The standard InChI is InChI=1S/C20H41O.C4H6O7S.Na/c1-3-5-6-7-8-9-10-11-12-13-14-15-16-17-18-19-20-21-4-2;5-3(6)1-2(4(7)8)12(9,10)11;/h2-20H2,1H3;2H,1H2,(H,5,6)(H,7,8)(H,9,10,11);. The van der Waals surface area contributed by atoms with E-state index >= 15 is 0 Å². The zero-order valence-corrected chi connectivity index (χ0v) is 24.3. The van der Waals surface area contributed by atoms with Gasteiger partial charge in [0.1, 0.15) is 0 Å². The van der Waals surface area contributed by atoms with E-state index in [1.807, 2.05) is 0 Å². The fraction of sp³-hybridized carbons (Fsp3) is 0.917. The summed E-state index contributed by atoms with van der Waals surface area (Å²) in [7, 11) is -4.84. The Labute approximate surface area is 224 Å². The van der Waals surface area contributed by atoms with E-state index in [0.717, 1.165) is 13.2 Å². The van der Waals surface area contributed by atoms with Crippen LogP contribution in [0.15, 0.2) is 0 Å². The molecule has 0 aromatic heterocycles. The van der Waals surface area contributed by atoms with E-state index in [-0.39, 0.29) is 0 Å². The molecular formula is C24H47NaO8S. The molecule has 3 N–H and O–H groups in total. The summed E-state index contributed by atoms with van der Waals surface area (Å²) in [6.07, 6.45) is 21.9. The molecule has 0 amide bonds. The zero-order chi connectivity index (χ0) is 26.1. The Morgan fingerprint density at radius 3 is 1.38 bits per heavy atom. The molecule has 0 spiro atoms. The maximum atomic E-state index is 10.2. The van der Waals surface area contributed by atoms with Crippen molar-refractivity contribution in [1.82, 2.24) is 0 Å². The molecule has 0 radical (unpaired) electrons. The topological polar surface area (TPSA) is 138 Å². The molecule has 1 atom stereocenters. The Morgan fingerprint density at radius 2 is 1.12 bits per heavy atom. The minimum absolute atomic E-state index is 1.00. The number of ether oxygens (including phenoxy) is 1. The van der Waals surface area contributed by atoms with E-state index in [9.17, 15) is 18.0 Å². The van der Waals surface area contributed by atoms with Crippen LogP contribution < -0.4 is 0 Å². The van der Waals surface area contributed by atoms with Gasteiger partial charge in [-0.2, -0.15) is 8.42 Å². The van der Waals surface area contributed by atoms with Crippen LogP contribution in [0.5, 0.6) is 0 Å². The van der Waals surface area contributed by atoms with Crippen molar-refractivity contribution < 1.29 is 37.5 Å². The molecule has 0 heterocycles. The SMILES string of the molecule is CCCCCCCCCCCCCCCCCCOC[CH2][Na].O=C(O)CC(C(=O)O)S(=O)(=O)O. The van der Waals surface area contributed by atoms with Gasteiger partial charge in [0.15, 0.2) is 5.25 Å². The number of carboxylic acid groups (broad SMARTS) is 2. The number of rotatable bonds is 23. The number of carboxylic acids is 2. The van der Waals surface area contributed by atoms with Crippen molar-refractivity contribution in [1.29, 1.82) is 0 Å². The van der Waals surface area contributed by atoms with Crippen LogP contribution >= 0.6 is 0 Å². The van der Waals surface area contributed by atoms with E-state index in [0.29, 0.717) is 0 Å². The first-order chi connectivity index (χ1) is 16.2. The fourth-order valence-electron chi connectivity index (χ4n) is 3.48. The second-order valence-corrected chi connectivity index (χ2v) is 11.5. The van der Waals surface area contributed by atoms with Gasteiger partial charge in [-0.25, -0.2) is 0 Å². The third-order valence-electron chi connectivity index (χ3n) is 5.49. The minimum atomic E-state index is -4.84. The Balaban J connectivity index is 0. The van der Waals surface area contributed by atoms with E-state index in [2.05, 4.69) is 6.92 Å². The molecule has 34 heavy (non-hydrogen) atoms. The summed E-state index contributed by atoms with van der Waals surface area (Å²) in [4.78, 5) is 20.0. The van der Waals surface area contributed by atoms with Gasteiger partial charge in [0.05, 0.1) is 6.42 Å². The molecule has 1 unspecified atom stereocenters. The third-order valence-corrected chi connectivity index (χ3v) is 6.98. The van der Waals surface area contributed by atoms with Crippen LogP contribution in [0, 0.1) is 0 Å². The van der Waals surface area contributed by atoms with Crippen LogP contribution in [-0.2, 0) is 24.4 Å². The van der Waals surface area contributed by atoms with Crippen LogP contribution in [0.25, 0.3) is 0 Å². The minimum Gasteiger partial charge on any atom is -0.481 e. The summed E-state index contributed by atoms with van der Waals surface area (Å²) >= 11 is 1.29. The quantitative estimate of drug-likeness (QED) is 0.0895. The molecule has 0 saturated carbocycles. The Kier molecular flexibility index (Phi) is 27.4. The molecule has 0 aromatic rings. The van der Waals surface area contributed by atoms with Crippen molar-refractivity contribution >= 4 is 50.0 Å². The molecule has 10 heteroatoms. The fourth-order valence-corrected chi connectivity index (χ4v) is 4.37. The van der Waals surface area contributed by atoms with Gasteiger partial charge in [0.25, 0.3) is 10.1 Å². The average molecular weight is 519 g/mol. The van der Waals surface area contributed by atoms with Crippen LogP contribution in [0.4, 0.5) is 0 Å². The van der Waals surface area contributed by atoms with Gasteiger partial charge in [0.2, 0.25) is 0 Å². The smallest absolute Gasteiger partial charge is 0.325 e. The van der Waals surface area contributed by atoms with Crippen molar-refractivity contribution in [3.8, 4) is 0 Å². The first-order valence-electron chi connectivity index (χ1n) is 13.1. The predicted octanol–water partition coefficient (Wildman–Crippen LogP) is 5.65. The summed E-state index contributed by atoms with van der Waals surface area (Å²) in [6, 6.07) is 0. The van der Waals surface area contributed by atoms with Crippen molar-refractivity contribution in [3.63, 3.8) is 0 Å². The molecule has 198 valence electrons.